The first kappa shape index (κ1) is 18.6. The number of carbonyl (C=O) groups excluding carboxylic acids is 2. The molecule has 0 bridgehead atoms. The maximum atomic E-state index is 12.3. The van der Waals surface area contributed by atoms with Gasteiger partial charge in [0.25, 0.3) is 5.91 Å². The van der Waals surface area contributed by atoms with Crippen molar-refractivity contribution in [3.63, 3.8) is 0 Å². The number of hydrogen-bond acceptors (Lipinski definition) is 6. The number of anilines is 1. The van der Waals surface area contributed by atoms with Gasteiger partial charge in [0.15, 0.2) is 17.6 Å². The van der Waals surface area contributed by atoms with Crippen LogP contribution in [-0.4, -0.2) is 37.8 Å². The predicted octanol–water partition coefficient (Wildman–Crippen LogP) is 3.04. The van der Waals surface area contributed by atoms with E-state index in [1.165, 1.54) is 6.92 Å². The topological polar surface area (TPSA) is 83.1 Å². The van der Waals surface area contributed by atoms with E-state index < -0.39 is 18.0 Å². The van der Waals surface area contributed by atoms with E-state index in [2.05, 4.69) is 5.32 Å². The lowest BCUT2D eigenvalue weighted by molar-refractivity contribution is -0.123. The molecule has 7 nitrogen and oxygen atoms in total. The summed E-state index contributed by atoms with van der Waals surface area (Å²) >= 11 is 0. The number of benzene rings is 2. The summed E-state index contributed by atoms with van der Waals surface area (Å²) < 4.78 is 21.5. The molecule has 1 heterocycles. The molecule has 1 aliphatic heterocycles. The molecular weight excluding hydrogens is 350 g/mol. The van der Waals surface area contributed by atoms with Crippen molar-refractivity contribution in [2.24, 2.45) is 0 Å². The van der Waals surface area contributed by atoms with Crippen molar-refractivity contribution in [2.75, 3.05) is 25.1 Å². The van der Waals surface area contributed by atoms with Crippen LogP contribution in [0.3, 0.4) is 0 Å². The number of ether oxygens (including phenoxy) is 4. The summed E-state index contributed by atoms with van der Waals surface area (Å²) in [6.07, 6.45) is -0.961. The van der Waals surface area contributed by atoms with E-state index in [1.807, 2.05) is 6.92 Å². The standard InChI is InChI=1S/C20H21NO6/c1-3-24-16-7-4-14(5-8-16)20(23)27-13(2)19(22)21-15-6-9-17-18(12-15)26-11-10-25-17/h4-9,12-13H,3,10-11H2,1-2H3,(H,21,22)/t13-/m0/s1. The number of carbonyl (C=O) groups is 2. The Morgan fingerprint density at radius 2 is 1.78 bits per heavy atom. The zero-order valence-electron chi connectivity index (χ0n) is 15.2. The first-order valence-electron chi connectivity index (χ1n) is 8.71. The first-order chi connectivity index (χ1) is 13.1. The molecule has 0 aliphatic carbocycles. The molecule has 27 heavy (non-hydrogen) atoms. The van der Waals surface area contributed by atoms with Gasteiger partial charge in [0.05, 0.1) is 12.2 Å². The van der Waals surface area contributed by atoms with E-state index >= 15 is 0 Å². The largest absolute Gasteiger partial charge is 0.494 e. The maximum Gasteiger partial charge on any atom is 0.338 e. The normalized spacial score (nSPS) is 13.4. The molecular formula is C20H21NO6. The summed E-state index contributed by atoms with van der Waals surface area (Å²) in [5, 5.41) is 2.70. The second-order valence-electron chi connectivity index (χ2n) is 5.85. The second-order valence-corrected chi connectivity index (χ2v) is 5.85. The minimum atomic E-state index is -0.961. The van der Waals surface area contributed by atoms with Crippen molar-refractivity contribution in [1.82, 2.24) is 0 Å². The van der Waals surface area contributed by atoms with Gasteiger partial charge in [-0.2, -0.15) is 0 Å². The molecule has 1 aliphatic rings. The number of amides is 1. The molecule has 1 N–H and O–H groups in total. The van der Waals surface area contributed by atoms with E-state index in [0.29, 0.717) is 48.3 Å². The zero-order chi connectivity index (χ0) is 19.2. The Balaban J connectivity index is 1.57. The van der Waals surface area contributed by atoms with Gasteiger partial charge in [0.1, 0.15) is 19.0 Å². The van der Waals surface area contributed by atoms with Crippen molar-refractivity contribution < 1.29 is 28.5 Å². The Morgan fingerprint density at radius 3 is 2.48 bits per heavy atom. The molecule has 142 valence electrons. The van der Waals surface area contributed by atoms with Gasteiger partial charge in [-0.15, -0.1) is 0 Å². The third-order valence-electron chi connectivity index (χ3n) is 3.86. The van der Waals surface area contributed by atoms with Gasteiger partial charge in [-0.1, -0.05) is 0 Å². The van der Waals surface area contributed by atoms with Crippen molar-refractivity contribution in [3.8, 4) is 17.2 Å². The fourth-order valence-corrected chi connectivity index (χ4v) is 2.50. The number of esters is 1. The van der Waals surface area contributed by atoms with Crippen LogP contribution in [0.4, 0.5) is 5.69 Å². The zero-order valence-corrected chi connectivity index (χ0v) is 15.2. The predicted molar refractivity (Wildman–Crippen MR) is 98.6 cm³/mol. The SMILES string of the molecule is CCOc1ccc(C(=O)O[C@@H](C)C(=O)Nc2ccc3c(c2)OCCO3)cc1. The van der Waals surface area contributed by atoms with Crippen LogP contribution in [0.15, 0.2) is 42.5 Å². The monoisotopic (exact) mass is 371 g/mol. The lowest BCUT2D eigenvalue weighted by Crippen LogP contribution is -2.30. The maximum absolute atomic E-state index is 12.3. The third kappa shape index (κ3) is 4.69. The molecule has 7 heteroatoms. The van der Waals surface area contributed by atoms with Gasteiger partial charge >= 0.3 is 5.97 Å². The lowest BCUT2D eigenvalue weighted by Gasteiger charge is -2.19. The number of nitrogens with one attached hydrogen (secondary N) is 1. The molecule has 0 aromatic heterocycles. The highest BCUT2D eigenvalue weighted by atomic mass is 16.6. The van der Waals surface area contributed by atoms with Crippen LogP contribution in [0.25, 0.3) is 0 Å². The third-order valence-corrected chi connectivity index (χ3v) is 3.86. The van der Waals surface area contributed by atoms with Gasteiger partial charge in [-0.3, -0.25) is 4.79 Å². The number of fused-ring (bicyclic) bond motifs is 1. The Morgan fingerprint density at radius 1 is 1.07 bits per heavy atom. The van der Waals surface area contributed by atoms with Crippen LogP contribution in [0.2, 0.25) is 0 Å². The van der Waals surface area contributed by atoms with Crippen LogP contribution < -0.4 is 19.5 Å². The van der Waals surface area contributed by atoms with Gasteiger partial charge in [0.2, 0.25) is 0 Å². The van der Waals surface area contributed by atoms with Crippen LogP contribution in [-0.2, 0) is 9.53 Å². The van der Waals surface area contributed by atoms with Crippen molar-refractivity contribution in [3.05, 3.63) is 48.0 Å². The summed E-state index contributed by atoms with van der Waals surface area (Å²) in [7, 11) is 0. The van der Waals surface area contributed by atoms with Gasteiger partial charge in [-0.25, -0.2) is 4.79 Å². The summed E-state index contributed by atoms with van der Waals surface area (Å²) in [5.41, 5.74) is 0.880. The highest BCUT2D eigenvalue weighted by molar-refractivity contribution is 5.97. The molecule has 0 unspecified atom stereocenters. The molecule has 2 aromatic rings. The highest BCUT2D eigenvalue weighted by Crippen LogP contribution is 2.32. The highest BCUT2D eigenvalue weighted by Gasteiger charge is 2.20. The van der Waals surface area contributed by atoms with Crippen LogP contribution >= 0.6 is 0 Å². The van der Waals surface area contributed by atoms with E-state index in [9.17, 15) is 9.59 Å². The molecule has 1 atom stereocenters. The smallest absolute Gasteiger partial charge is 0.338 e. The van der Waals surface area contributed by atoms with Crippen LogP contribution in [0, 0.1) is 0 Å². The van der Waals surface area contributed by atoms with Crippen molar-refractivity contribution in [2.45, 2.75) is 20.0 Å². The summed E-state index contributed by atoms with van der Waals surface area (Å²) in [5.74, 6) is 0.847. The molecule has 0 spiro atoms. The van der Waals surface area contributed by atoms with Gasteiger partial charge < -0.3 is 24.3 Å². The molecule has 0 radical (unpaired) electrons. The average Bonchev–Trinajstić information content (AvgIpc) is 2.68. The molecule has 0 saturated heterocycles. The number of rotatable bonds is 6. The number of hydrogen-bond donors (Lipinski definition) is 1. The van der Waals surface area contributed by atoms with Gasteiger partial charge in [-0.05, 0) is 50.2 Å². The minimum Gasteiger partial charge on any atom is -0.494 e. The van der Waals surface area contributed by atoms with Crippen molar-refractivity contribution >= 4 is 17.6 Å². The lowest BCUT2D eigenvalue weighted by atomic mass is 10.2. The van der Waals surface area contributed by atoms with Gasteiger partial charge in [0, 0.05) is 11.8 Å². The molecule has 0 saturated carbocycles. The van der Waals surface area contributed by atoms with Crippen LogP contribution in [0.1, 0.15) is 24.2 Å². The Hall–Kier alpha value is -3.22. The van der Waals surface area contributed by atoms with E-state index in [-0.39, 0.29) is 0 Å². The first-order valence-corrected chi connectivity index (χ1v) is 8.71. The van der Waals surface area contributed by atoms with Crippen molar-refractivity contribution in [1.29, 1.82) is 0 Å². The minimum absolute atomic E-state index is 0.345. The van der Waals surface area contributed by atoms with Crippen LogP contribution in [0.5, 0.6) is 17.2 Å². The second kappa shape index (κ2) is 8.44. The van der Waals surface area contributed by atoms with E-state index in [0.717, 1.165) is 0 Å². The fraction of sp³-hybridized carbons (Fsp3) is 0.300. The Bertz CT molecular complexity index is 818. The summed E-state index contributed by atoms with van der Waals surface area (Å²) in [4.78, 5) is 24.5. The fourth-order valence-electron chi connectivity index (χ4n) is 2.50. The Kier molecular flexibility index (Phi) is 5.80. The average molecular weight is 371 g/mol. The molecule has 0 fully saturated rings. The van der Waals surface area contributed by atoms with E-state index in [4.69, 9.17) is 18.9 Å². The summed E-state index contributed by atoms with van der Waals surface area (Å²) in [6, 6.07) is 11.7. The quantitative estimate of drug-likeness (QED) is 0.786. The molecule has 3 rings (SSSR count). The molecule has 1 amide bonds. The Labute approximate surface area is 157 Å². The van der Waals surface area contributed by atoms with E-state index in [1.54, 1.807) is 42.5 Å². The molecule has 2 aromatic carbocycles. The summed E-state index contributed by atoms with van der Waals surface area (Å²) in [6.45, 7) is 4.89.